The van der Waals surface area contributed by atoms with Crippen molar-refractivity contribution >= 4 is 0 Å². The van der Waals surface area contributed by atoms with Gasteiger partial charge in [-0.1, -0.05) is 57.9 Å². The van der Waals surface area contributed by atoms with Gasteiger partial charge in [-0.25, -0.2) is 0 Å². The molecule has 4 aliphatic carbocycles. The fourth-order valence-electron chi connectivity index (χ4n) is 8.99. The molecule has 0 saturated heterocycles. The third kappa shape index (κ3) is 3.59. The molecule has 4 rings (SSSR count). The quantitative estimate of drug-likeness (QED) is 0.471. The normalized spacial score (nSPS) is 46.6. The molecule has 0 radical (unpaired) electrons. The topological polar surface area (TPSA) is 40.5 Å². The van der Waals surface area contributed by atoms with Gasteiger partial charge in [-0.15, -0.1) is 0 Å². The van der Waals surface area contributed by atoms with Crippen LogP contribution in [0.4, 0.5) is 0 Å². The maximum atomic E-state index is 10.5. The molecule has 2 N–H and O–H groups in total. The third-order valence-electron chi connectivity index (χ3n) is 11.1. The lowest BCUT2D eigenvalue weighted by Gasteiger charge is -2.60. The molecule has 2 nitrogen and oxygen atoms in total. The monoisotopic (exact) mass is 428 g/mol. The molecule has 0 aromatic carbocycles. The summed E-state index contributed by atoms with van der Waals surface area (Å²) in [4.78, 5) is 0. The van der Waals surface area contributed by atoms with Crippen LogP contribution < -0.4 is 0 Å². The molecular formula is C29H48O2. The number of hydrogen-bond donors (Lipinski definition) is 2. The first kappa shape index (κ1) is 23.6. The van der Waals surface area contributed by atoms with E-state index in [4.69, 9.17) is 0 Å². The minimum atomic E-state index is -0.711. The minimum absolute atomic E-state index is 0.0988. The molecule has 0 heterocycles. The Bertz CT molecular complexity index is 757. The summed E-state index contributed by atoms with van der Waals surface area (Å²) in [5, 5.41) is 20.6. The Kier molecular flexibility index (Phi) is 5.87. The van der Waals surface area contributed by atoms with Gasteiger partial charge < -0.3 is 10.2 Å². The summed E-state index contributed by atoms with van der Waals surface area (Å²) in [5.41, 5.74) is 3.99. The van der Waals surface area contributed by atoms with Crippen LogP contribution in [-0.4, -0.2) is 21.9 Å². The van der Waals surface area contributed by atoms with Crippen LogP contribution in [0.25, 0.3) is 0 Å². The van der Waals surface area contributed by atoms with E-state index in [1.54, 1.807) is 0 Å². The number of fused-ring (bicyclic) bond motifs is 4. The van der Waals surface area contributed by atoms with Crippen molar-refractivity contribution in [2.45, 2.75) is 118 Å². The van der Waals surface area contributed by atoms with Crippen LogP contribution >= 0.6 is 0 Å². The van der Waals surface area contributed by atoms with E-state index >= 15 is 0 Å². The average molecular weight is 429 g/mol. The van der Waals surface area contributed by atoms with Crippen LogP contribution in [0.15, 0.2) is 23.3 Å². The molecule has 4 aliphatic rings. The van der Waals surface area contributed by atoms with E-state index in [9.17, 15) is 10.2 Å². The van der Waals surface area contributed by atoms with Crippen LogP contribution in [-0.2, 0) is 0 Å². The zero-order valence-electron chi connectivity index (χ0n) is 21.3. The van der Waals surface area contributed by atoms with Gasteiger partial charge in [0.1, 0.15) is 0 Å². The summed E-state index contributed by atoms with van der Waals surface area (Å²) in [5.74, 6) is 2.51. The lowest BCUT2D eigenvalue weighted by atomic mass is 9.45. The molecule has 0 aromatic rings. The Morgan fingerprint density at radius 2 is 1.74 bits per heavy atom. The number of allylic oxidation sites excluding steroid dienone is 3. The van der Waals surface area contributed by atoms with Gasteiger partial charge in [-0.2, -0.15) is 0 Å². The average Bonchev–Trinajstić information content (AvgIpc) is 2.96. The molecule has 0 aromatic heterocycles. The third-order valence-corrected chi connectivity index (χ3v) is 11.1. The Hall–Kier alpha value is -0.600. The lowest BCUT2D eigenvalue weighted by Crippen LogP contribution is -2.51. The van der Waals surface area contributed by atoms with E-state index in [-0.39, 0.29) is 6.10 Å². The fraction of sp³-hybridized carbons (Fsp3) is 0.862. The highest BCUT2D eigenvalue weighted by Crippen LogP contribution is 2.71. The number of aliphatic hydroxyl groups excluding tert-OH is 1. The van der Waals surface area contributed by atoms with Crippen molar-refractivity contribution < 1.29 is 10.2 Å². The summed E-state index contributed by atoms with van der Waals surface area (Å²) in [6, 6.07) is 0. The molecule has 8 atom stereocenters. The number of hydrogen-bond acceptors (Lipinski definition) is 2. The van der Waals surface area contributed by atoms with Gasteiger partial charge in [0.15, 0.2) is 0 Å². The second-order valence-corrected chi connectivity index (χ2v) is 13.1. The molecule has 8 unspecified atom stereocenters. The van der Waals surface area contributed by atoms with Crippen LogP contribution in [0, 0.1) is 39.9 Å². The molecular weight excluding hydrogens is 380 g/mol. The van der Waals surface area contributed by atoms with Gasteiger partial charge in [0.25, 0.3) is 0 Å². The van der Waals surface area contributed by atoms with E-state index in [2.05, 4.69) is 40.7 Å². The Labute approximate surface area is 191 Å². The Balaban J connectivity index is 1.62. The van der Waals surface area contributed by atoms with E-state index in [0.717, 1.165) is 18.8 Å². The maximum Gasteiger partial charge on any atom is 0.0771 e. The van der Waals surface area contributed by atoms with Crippen LogP contribution in [0.2, 0.25) is 0 Å². The minimum Gasteiger partial charge on any atom is -0.393 e. The predicted molar refractivity (Wildman–Crippen MR) is 130 cm³/mol. The zero-order valence-corrected chi connectivity index (χ0v) is 21.3. The zero-order chi connectivity index (χ0) is 22.8. The molecule has 0 bridgehead atoms. The van der Waals surface area contributed by atoms with E-state index in [0.29, 0.717) is 34.0 Å². The van der Waals surface area contributed by atoms with Crippen molar-refractivity contribution in [1.82, 2.24) is 0 Å². The highest BCUT2D eigenvalue weighted by atomic mass is 16.3. The first-order valence-electron chi connectivity index (χ1n) is 13.1. The molecule has 2 heteroatoms. The summed E-state index contributed by atoms with van der Waals surface area (Å²) in [6.07, 6.45) is 15.1. The largest absolute Gasteiger partial charge is 0.393 e. The smallest absolute Gasteiger partial charge is 0.0771 e. The highest BCUT2D eigenvalue weighted by Gasteiger charge is 2.62. The second-order valence-electron chi connectivity index (χ2n) is 13.1. The fourth-order valence-corrected chi connectivity index (χ4v) is 8.99. The molecule has 2 fully saturated rings. The molecule has 0 spiro atoms. The van der Waals surface area contributed by atoms with Gasteiger partial charge in [0.2, 0.25) is 0 Å². The SMILES string of the molecule is CC(CC=CC(C)(C)O)C1CCC2(C)C3=C(CCC12C)C1(C)CCC(O)C(C)C1CC3. The van der Waals surface area contributed by atoms with E-state index < -0.39 is 5.60 Å². The summed E-state index contributed by atoms with van der Waals surface area (Å²) in [7, 11) is 0. The van der Waals surface area contributed by atoms with Gasteiger partial charge in [0, 0.05) is 0 Å². The van der Waals surface area contributed by atoms with Gasteiger partial charge >= 0.3 is 0 Å². The van der Waals surface area contributed by atoms with Gasteiger partial charge in [0.05, 0.1) is 11.7 Å². The van der Waals surface area contributed by atoms with Crippen LogP contribution in [0.1, 0.15) is 106 Å². The number of aliphatic hydroxyl groups is 2. The Morgan fingerprint density at radius 3 is 2.42 bits per heavy atom. The van der Waals surface area contributed by atoms with E-state index in [1.165, 1.54) is 44.9 Å². The first-order chi connectivity index (χ1) is 14.3. The second kappa shape index (κ2) is 7.73. The summed E-state index contributed by atoms with van der Waals surface area (Å²) < 4.78 is 0. The summed E-state index contributed by atoms with van der Waals surface area (Å²) in [6.45, 7) is 16.3. The molecule has 2 saturated carbocycles. The van der Waals surface area contributed by atoms with E-state index in [1.807, 2.05) is 31.1 Å². The van der Waals surface area contributed by atoms with Crippen molar-refractivity contribution in [3.05, 3.63) is 23.3 Å². The van der Waals surface area contributed by atoms with Gasteiger partial charge in [-0.3, -0.25) is 0 Å². The van der Waals surface area contributed by atoms with Crippen LogP contribution in [0.3, 0.4) is 0 Å². The molecule has 0 amide bonds. The number of rotatable bonds is 4. The van der Waals surface area contributed by atoms with Crippen molar-refractivity contribution in [2.75, 3.05) is 0 Å². The van der Waals surface area contributed by atoms with Gasteiger partial charge in [-0.05, 0) is 112 Å². The van der Waals surface area contributed by atoms with Crippen molar-refractivity contribution in [1.29, 1.82) is 0 Å². The predicted octanol–water partition coefficient (Wildman–Crippen LogP) is 7.06. The molecule has 176 valence electrons. The van der Waals surface area contributed by atoms with Crippen molar-refractivity contribution in [2.24, 2.45) is 39.9 Å². The Morgan fingerprint density at radius 1 is 1.03 bits per heavy atom. The maximum absolute atomic E-state index is 10.5. The molecule has 31 heavy (non-hydrogen) atoms. The standard InChI is InChI=1S/C29H48O2/c1-19(9-8-15-26(3,4)31)21-12-17-29(7)24-11-10-22-20(2)25(30)14-16-27(22,5)23(24)13-18-28(21,29)6/h8,15,19-22,25,30-31H,9-14,16-18H2,1-7H3. The van der Waals surface area contributed by atoms with Crippen molar-refractivity contribution in [3.63, 3.8) is 0 Å². The summed E-state index contributed by atoms with van der Waals surface area (Å²) >= 11 is 0. The molecule has 0 aliphatic heterocycles. The first-order valence-corrected chi connectivity index (χ1v) is 13.1. The van der Waals surface area contributed by atoms with Crippen LogP contribution in [0.5, 0.6) is 0 Å². The highest BCUT2D eigenvalue weighted by molar-refractivity contribution is 5.38. The lowest BCUT2D eigenvalue weighted by molar-refractivity contribution is -0.0410. The van der Waals surface area contributed by atoms with Crippen molar-refractivity contribution in [3.8, 4) is 0 Å².